The van der Waals surface area contributed by atoms with Crippen molar-refractivity contribution in [2.45, 2.75) is 44.6 Å². The molecule has 0 aromatic carbocycles. The van der Waals surface area contributed by atoms with Crippen molar-refractivity contribution in [2.24, 2.45) is 11.8 Å². The predicted molar refractivity (Wildman–Crippen MR) is 74.1 cm³/mol. The van der Waals surface area contributed by atoms with Gasteiger partial charge in [0.1, 0.15) is 0 Å². The Balaban J connectivity index is 1.87. The van der Waals surface area contributed by atoms with E-state index < -0.39 is 0 Å². The molecule has 5 nitrogen and oxygen atoms in total. The average molecular weight is 283 g/mol. The van der Waals surface area contributed by atoms with Crippen molar-refractivity contribution in [1.29, 1.82) is 0 Å². The lowest BCUT2D eigenvalue weighted by Gasteiger charge is -2.35. The van der Waals surface area contributed by atoms with Crippen LogP contribution in [0.25, 0.3) is 0 Å². The van der Waals surface area contributed by atoms with Crippen molar-refractivity contribution in [3.63, 3.8) is 0 Å². The third-order valence-corrected chi connectivity index (χ3v) is 4.62. The summed E-state index contributed by atoms with van der Waals surface area (Å²) >= 11 is 0. The van der Waals surface area contributed by atoms with E-state index in [0.29, 0.717) is 12.6 Å². The number of rotatable bonds is 3. The second-order valence-corrected chi connectivity index (χ2v) is 5.86. The molecule has 1 aliphatic heterocycles. The van der Waals surface area contributed by atoms with Gasteiger partial charge in [0, 0.05) is 26.1 Å². The number of hydrogen-bond acceptors (Lipinski definition) is 4. The molecule has 2 fully saturated rings. The third kappa shape index (κ3) is 3.51. The van der Waals surface area contributed by atoms with E-state index in [4.69, 9.17) is 9.47 Å². The van der Waals surface area contributed by atoms with Gasteiger partial charge in [-0.3, -0.25) is 9.59 Å². The largest absolute Gasteiger partial charge is 0.469 e. The van der Waals surface area contributed by atoms with E-state index in [1.165, 1.54) is 7.11 Å². The Morgan fingerprint density at radius 3 is 2.30 bits per heavy atom. The van der Waals surface area contributed by atoms with Crippen LogP contribution < -0.4 is 0 Å². The van der Waals surface area contributed by atoms with E-state index in [1.807, 2.05) is 4.90 Å². The summed E-state index contributed by atoms with van der Waals surface area (Å²) < 4.78 is 10.1. The molecule has 0 aromatic heterocycles. The van der Waals surface area contributed by atoms with Gasteiger partial charge >= 0.3 is 5.97 Å². The second kappa shape index (κ2) is 7.07. The zero-order valence-electron chi connectivity index (χ0n) is 12.5. The number of esters is 1. The van der Waals surface area contributed by atoms with Crippen LogP contribution in [0.1, 0.15) is 38.5 Å². The summed E-state index contributed by atoms with van der Waals surface area (Å²) in [6.45, 7) is 1.30. The number of methoxy groups -OCH3 is 2. The van der Waals surface area contributed by atoms with Crippen molar-refractivity contribution < 1.29 is 19.1 Å². The summed E-state index contributed by atoms with van der Waals surface area (Å²) in [4.78, 5) is 26.0. The topological polar surface area (TPSA) is 55.8 Å². The zero-order valence-corrected chi connectivity index (χ0v) is 12.5. The highest BCUT2D eigenvalue weighted by molar-refractivity contribution is 5.80. The number of piperidine rings is 1. The lowest BCUT2D eigenvalue weighted by molar-refractivity contribution is -0.150. The molecule has 0 spiro atoms. The number of likely N-dealkylation sites (tertiary alicyclic amines) is 1. The van der Waals surface area contributed by atoms with Crippen LogP contribution in [0, 0.1) is 11.8 Å². The molecule has 0 aromatic rings. The van der Waals surface area contributed by atoms with Crippen LogP contribution in [0.3, 0.4) is 0 Å². The SMILES string of the molecule is COC(=O)C1CCCN(C(=O)C2CCC(OC)CC2)C1. The second-order valence-electron chi connectivity index (χ2n) is 5.86. The number of carbonyl (C=O) groups excluding carboxylic acids is 2. The number of amides is 1. The lowest BCUT2D eigenvalue weighted by Crippen LogP contribution is -2.46. The van der Waals surface area contributed by atoms with Crippen LogP contribution in [0.2, 0.25) is 0 Å². The molecule has 1 saturated heterocycles. The van der Waals surface area contributed by atoms with Crippen molar-refractivity contribution in [2.75, 3.05) is 27.3 Å². The Labute approximate surface area is 120 Å². The first-order chi connectivity index (χ1) is 9.65. The Hall–Kier alpha value is -1.10. The molecule has 1 saturated carbocycles. The molecule has 1 amide bonds. The number of carbonyl (C=O) groups is 2. The molecule has 2 rings (SSSR count). The third-order valence-electron chi connectivity index (χ3n) is 4.62. The van der Waals surface area contributed by atoms with Gasteiger partial charge in [0.15, 0.2) is 0 Å². The molecule has 114 valence electrons. The first-order valence-electron chi connectivity index (χ1n) is 7.55. The van der Waals surface area contributed by atoms with Crippen molar-refractivity contribution in [3.8, 4) is 0 Å². The molecule has 0 radical (unpaired) electrons. The molecule has 1 heterocycles. The summed E-state index contributed by atoms with van der Waals surface area (Å²) in [6, 6.07) is 0. The maximum Gasteiger partial charge on any atom is 0.310 e. The van der Waals surface area contributed by atoms with Gasteiger partial charge in [-0.2, -0.15) is 0 Å². The Morgan fingerprint density at radius 2 is 1.70 bits per heavy atom. The highest BCUT2D eigenvalue weighted by Gasteiger charge is 2.34. The number of nitrogens with zero attached hydrogens (tertiary/aromatic N) is 1. The molecule has 5 heteroatoms. The summed E-state index contributed by atoms with van der Waals surface area (Å²) in [5.74, 6) is -0.00967. The number of ether oxygens (including phenoxy) is 2. The van der Waals surface area contributed by atoms with Crippen molar-refractivity contribution in [3.05, 3.63) is 0 Å². The molecular formula is C15H25NO4. The van der Waals surface area contributed by atoms with Crippen LogP contribution >= 0.6 is 0 Å². The van der Waals surface area contributed by atoms with Gasteiger partial charge in [-0.1, -0.05) is 0 Å². The normalized spacial score (nSPS) is 30.9. The molecule has 1 unspecified atom stereocenters. The monoisotopic (exact) mass is 283 g/mol. The molecule has 20 heavy (non-hydrogen) atoms. The van der Waals surface area contributed by atoms with Gasteiger partial charge in [-0.15, -0.1) is 0 Å². The average Bonchev–Trinajstić information content (AvgIpc) is 2.53. The minimum atomic E-state index is -0.189. The Bertz CT molecular complexity index is 350. The van der Waals surface area contributed by atoms with Crippen LogP contribution in [0.4, 0.5) is 0 Å². The van der Waals surface area contributed by atoms with E-state index in [0.717, 1.165) is 45.1 Å². The fraction of sp³-hybridized carbons (Fsp3) is 0.867. The Morgan fingerprint density at radius 1 is 1.00 bits per heavy atom. The fourth-order valence-corrected chi connectivity index (χ4v) is 3.34. The van der Waals surface area contributed by atoms with Gasteiger partial charge in [0.2, 0.25) is 5.91 Å². The zero-order chi connectivity index (χ0) is 14.5. The Kier molecular flexibility index (Phi) is 5.40. The summed E-state index contributed by atoms with van der Waals surface area (Å²) in [7, 11) is 3.15. The first-order valence-corrected chi connectivity index (χ1v) is 7.55. The fourth-order valence-electron chi connectivity index (χ4n) is 3.34. The maximum absolute atomic E-state index is 12.5. The quantitative estimate of drug-likeness (QED) is 0.738. The van der Waals surface area contributed by atoms with E-state index in [-0.39, 0.29) is 23.7 Å². The van der Waals surface area contributed by atoms with Crippen molar-refractivity contribution in [1.82, 2.24) is 4.90 Å². The smallest absolute Gasteiger partial charge is 0.310 e. The van der Waals surface area contributed by atoms with Crippen LogP contribution in [0.15, 0.2) is 0 Å². The predicted octanol–water partition coefficient (Wildman–Crippen LogP) is 1.60. The lowest BCUT2D eigenvalue weighted by atomic mass is 9.85. The van der Waals surface area contributed by atoms with E-state index >= 15 is 0 Å². The molecule has 2 aliphatic rings. The standard InChI is InChI=1S/C15H25NO4/c1-19-13-7-5-11(6-8-13)14(17)16-9-3-4-12(10-16)15(18)20-2/h11-13H,3-10H2,1-2H3. The van der Waals surface area contributed by atoms with Gasteiger partial charge in [-0.05, 0) is 38.5 Å². The number of hydrogen-bond donors (Lipinski definition) is 0. The van der Waals surface area contributed by atoms with Crippen LogP contribution in [-0.4, -0.2) is 50.2 Å². The van der Waals surface area contributed by atoms with Crippen molar-refractivity contribution >= 4 is 11.9 Å². The molecule has 1 aliphatic carbocycles. The van der Waals surface area contributed by atoms with Gasteiger partial charge in [0.05, 0.1) is 19.1 Å². The van der Waals surface area contributed by atoms with E-state index in [9.17, 15) is 9.59 Å². The maximum atomic E-state index is 12.5. The summed E-state index contributed by atoms with van der Waals surface area (Å²) in [5.41, 5.74) is 0. The van der Waals surface area contributed by atoms with Gasteiger partial charge in [0.25, 0.3) is 0 Å². The molecule has 1 atom stereocenters. The summed E-state index contributed by atoms with van der Waals surface area (Å²) in [5, 5.41) is 0. The minimum absolute atomic E-state index is 0.109. The van der Waals surface area contributed by atoms with Crippen LogP contribution in [0.5, 0.6) is 0 Å². The van der Waals surface area contributed by atoms with Gasteiger partial charge < -0.3 is 14.4 Å². The molecule has 0 N–H and O–H groups in total. The van der Waals surface area contributed by atoms with E-state index in [2.05, 4.69) is 0 Å². The highest BCUT2D eigenvalue weighted by Crippen LogP contribution is 2.29. The summed E-state index contributed by atoms with van der Waals surface area (Å²) in [6.07, 6.45) is 5.74. The molecular weight excluding hydrogens is 258 g/mol. The highest BCUT2D eigenvalue weighted by atomic mass is 16.5. The molecule has 0 bridgehead atoms. The van der Waals surface area contributed by atoms with Crippen LogP contribution in [-0.2, 0) is 19.1 Å². The minimum Gasteiger partial charge on any atom is -0.469 e. The first kappa shape index (κ1) is 15.3. The van der Waals surface area contributed by atoms with Gasteiger partial charge in [-0.25, -0.2) is 0 Å². The van der Waals surface area contributed by atoms with E-state index in [1.54, 1.807) is 7.11 Å².